The number of nitrogens with one attached hydrogen (secondary N) is 2. The van der Waals surface area contributed by atoms with Crippen LogP contribution in [0.5, 0.6) is 0 Å². The first-order valence-electron chi connectivity index (χ1n) is 8.93. The third-order valence-corrected chi connectivity index (χ3v) is 5.66. The molecule has 0 saturated carbocycles. The number of hydrogen-bond donors (Lipinski definition) is 2. The van der Waals surface area contributed by atoms with Crippen molar-refractivity contribution >= 4 is 40.8 Å². The minimum atomic E-state index is -0.195. The monoisotopic (exact) mass is 414 g/mol. The maximum Gasteiger partial charge on any atom is 0.317 e. The fourth-order valence-corrected chi connectivity index (χ4v) is 3.95. The third-order valence-electron chi connectivity index (χ3n) is 4.57. The van der Waals surface area contributed by atoms with E-state index in [9.17, 15) is 14.4 Å². The third kappa shape index (κ3) is 5.57. The number of urea groups is 1. The number of carbonyl (C=O) groups excluding carboxylic acids is 3. The minimum absolute atomic E-state index is 0.00955. The standard InChI is InChI=1S/C17H23ClN4O4S/c18-14-6-13(11-27-14)16(24)20-7-12-8-21(4-5-26-10-12)15(23)9-22-3-1-2-19-17(22)25/h6,11-12H,1-5,7-10H2,(H,19,25)(H,20,24). The van der Waals surface area contributed by atoms with Crippen LogP contribution in [-0.2, 0) is 9.53 Å². The molecule has 3 heterocycles. The summed E-state index contributed by atoms with van der Waals surface area (Å²) in [6.45, 7) is 3.60. The first-order chi connectivity index (χ1) is 13.0. The molecule has 0 bridgehead atoms. The van der Waals surface area contributed by atoms with E-state index in [1.807, 2.05) is 0 Å². The van der Waals surface area contributed by atoms with Gasteiger partial charge in [0.25, 0.3) is 5.91 Å². The molecular formula is C17H23ClN4O4S. The number of rotatable bonds is 5. The quantitative estimate of drug-likeness (QED) is 0.752. The molecular weight excluding hydrogens is 392 g/mol. The molecule has 1 atom stereocenters. The van der Waals surface area contributed by atoms with Crippen molar-refractivity contribution in [2.45, 2.75) is 6.42 Å². The summed E-state index contributed by atoms with van der Waals surface area (Å²) in [4.78, 5) is 39.9. The normalized spacial score (nSPS) is 20.8. The van der Waals surface area contributed by atoms with Crippen LogP contribution in [0, 0.1) is 5.92 Å². The lowest BCUT2D eigenvalue weighted by molar-refractivity contribution is -0.132. The van der Waals surface area contributed by atoms with Gasteiger partial charge in [0.2, 0.25) is 5.91 Å². The van der Waals surface area contributed by atoms with Crippen molar-refractivity contribution in [2.24, 2.45) is 5.92 Å². The van der Waals surface area contributed by atoms with Gasteiger partial charge in [-0.25, -0.2) is 4.79 Å². The summed E-state index contributed by atoms with van der Waals surface area (Å²) in [5, 5.41) is 7.33. The van der Waals surface area contributed by atoms with Crippen LogP contribution >= 0.6 is 22.9 Å². The average molecular weight is 415 g/mol. The van der Waals surface area contributed by atoms with E-state index in [2.05, 4.69) is 10.6 Å². The molecule has 1 aromatic rings. The fourth-order valence-electron chi connectivity index (χ4n) is 3.09. The predicted octanol–water partition coefficient (Wildman–Crippen LogP) is 1.02. The summed E-state index contributed by atoms with van der Waals surface area (Å²) in [7, 11) is 0. The maximum atomic E-state index is 12.6. The van der Waals surface area contributed by atoms with Gasteiger partial charge in [-0.15, -0.1) is 11.3 Å². The molecule has 2 aliphatic rings. The van der Waals surface area contributed by atoms with Crippen LogP contribution in [0.3, 0.4) is 0 Å². The SMILES string of the molecule is O=C(NCC1COCCN(C(=O)CN2CCCNC2=O)C1)c1csc(Cl)c1. The van der Waals surface area contributed by atoms with Crippen molar-refractivity contribution in [3.8, 4) is 0 Å². The predicted molar refractivity (Wildman–Crippen MR) is 102 cm³/mol. The first-order valence-corrected chi connectivity index (χ1v) is 10.2. The lowest BCUT2D eigenvalue weighted by atomic mass is 10.1. The number of halogens is 1. The van der Waals surface area contributed by atoms with Gasteiger partial charge in [-0.05, 0) is 12.5 Å². The Morgan fingerprint density at radius 3 is 3.00 bits per heavy atom. The van der Waals surface area contributed by atoms with Crippen LogP contribution in [0.15, 0.2) is 11.4 Å². The van der Waals surface area contributed by atoms with Crippen molar-refractivity contribution in [3.05, 3.63) is 21.3 Å². The van der Waals surface area contributed by atoms with Gasteiger partial charge in [-0.3, -0.25) is 9.59 Å². The van der Waals surface area contributed by atoms with E-state index in [0.29, 0.717) is 55.8 Å². The molecule has 3 rings (SSSR count). The second-order valence-corrected chi connectivity index (χ2v) is 8.18. The lowest BCUT2D eigenvalue weighted by Crippen LogP contribution is -2.51. The van der Waals surface area contributed by atoms with Crippen molar-refractivity contribution in [1.82, 2.24) is 20.4 Å². The van der Waals surface area contributed by atoms with E-state index in [1.165, 1.54) is 16.2 Å². The zero-order valence-electron chi connectivity index (χ0n) is 14.9. The van der Waals surface area contributed by atoms with E-state index >= 15 is 0 Å². The Labute approximate surface area is 166 Å². The molecule has 8 nitrogen and oxygen atoms in total. The highest BCUT2D eigenvalue weighted by Crippen LogP contribution is 2.19. The first kappa shape index (κ1) is 19.9. The maximum absolute atomic E-state index is 12.6. The highest BCUT2D eigenvalue weighted by atomic mass is 35.5. The molecule has 4 amide bonds. The van der Waals surface area contributed by atoms with Crippen LogP contribution in [0.1, 0.15) is 16.8 Å². The highest BCUT2D eigenvalue weighted by molar-refractivity contribution is 7.14. The van der Waals surface area contributed by atoms with Crippen LogP contribution < -0.4 is 10.6 Å². The van der Waals surface area contributed by atoms with Gasteiger partial charge in [-0.1, -0.05) is 11.6 Å². The Kier molecular flexibility index (Phi) is 6.92. The molecule has 2 aliphatic heterocycles. The number of ether oxygens (including phenoxy) is 1. The van der Waals surface area contributed by atoms with E-state index in [1.54, 1.807) is 16.3 Å². The van der Waals surface area contributed by atoms with Crippen molar-refractivity contribution in [1.29, 1.82) is 0 Å². The number of amides is 4. The summed E-state index contributed by atoms with van der Waals surface area (Å²) in [5.41, 5.74) is 0.531. The summed E-state index contributed by atoms with van der Waals surface area (Å²) in [5.74, 6) is -0.298. The average Bonchev–Trinajstić information content (AvgIpc) is 2.95. The number of nitrogens with zero attached hydrogens (tertiary/aromatic N) is 2. The molecule has 10 heteroatoms. The highest BCUT2D eigenvalue weighted by Gasteiger charge is 2.27. The second kappa shape index (κ2) is 9.38. The van der Waals surface area contributed by atoms with Crippen LogP contribution in [0.4, 0.5) is 4.79 Å². The molecule has 0 aromatic carbocycles. The Balaban J connectivity index is 1.51. The molecule has 2 N–H and O–H groups in total. The van der Waals surface area contributed by atoms with Crippen LogP contribution in [-0.4, -0.2) is 80.1 Å². The molecule has 1 unspecified atom stereocenters. The summed E-state index contributed by atoms with van der Waals surface area (Å²) in [6, 6.07) is 1.43. The summed E-state index contributed by atoms with van der Waals surface area (Å²) < 4.78 is 6.15. The fraction of sp³-hybridized carbons (Fsp3) is 0.588. The molecule has 27 heavy (non-hydrogen) atoms. The van der Waals surface area contributed by atoms with Crippen molar-refractivity contribution in [2.75, 3.05) is 52.5 Å². The van der Waals surface area contributed by atoms with Gasteiger partial charge in [-0.2, -0.15) is 0 Å². The molecule has 0 radical (unpaired) electrons. The number of thiophene rings is 1. The van der Waals surface area contributed by atoms with E-state index in [4.69, 9.17) is 16.3 Å². The van der Waals surface area contributed by atoms with Crippen molar-refractivity contribution < 1.29 is 19.1 Å². The van der Waals surface area contributed by atoms with Crippen LogP contribution in [0.2, 0.25) is 4.34 Å². The topological polar surface area (TPSA) is 91.0 Å². The minimum Gasteiger partial charge on any atom is -0.379 e. The van der Waals surface area contributed by atoms with E-state index in [-0.39, 0.29) is 30.3 Å². The second-order valence-electron chi connectivity index (χ2n) is 6.64. The zero-order chi connectivity index (χ0) is 19.2. The Bertz CT molecular complexity index is 698. The van der Waals surface area contributed by atoms with Gasteiger partial charge in [0, 0.05) is 44.0 Å². The number of hydrogen-bond acceptors (Lipinski definition) is 5. The molecule has 2 fully saturated rings. The smallest absolute Gasteiger partial charge is 0.317 e. The van der Waals surface area contributed by atoms with Gasteiger partial charge >= 0.3 is 6.03 Å². The Hall–Kier alpha value is -1.84. The summed E-state index contributed by atoms with van der Waals surface area (Å²) >= 11 is 7.17. The van der Waals surface area contributed by atoms with Gasteiger partial charge in [0.1, 0.15) is 6.54 Å². The molecule has 0 aliphatic carbocycles. The number of carbonyl (C=O) groups is 3. The van der Waals surface area contributed by atoms with Gasteiger partial charge < -0.3 is 25.2 Å². The molecule has 0 spiro atoms. The van der Waals surface area contributed by atoms with E-state index in [0.717, 1.165) is 6.42 Å². The van der Waals surface area contributed by atoms with Gasteiger partial charge in [0.15, 0.2) is 0 Å². The summed E-state index contributed by atoms with van der Waals surface area (Å²) in [6.07, 6.45) is 0.837. The van der Waals surface area contributed by atoms with Gasteiger partial charge in [0.05, 0.1) is 23.1 Å². The zero-order valence-corrected chi connectivity index (χ0v) is 16.5. The van der Waals surface area contributed by atoms with E-state index < -0.39 is 0 Å². The lowest BCUT2D eigenvalue weighted by Gasteiger charge is -2.30. The molecule has 148 valence electrons. The Morgan fingerprint density at radius 2 is 2.26 bits per heavy atom. The molecule has 1 aromatic heterocycles. The Morgan fingerprint density at radius 1 is 1.41 bits per heavy atom. The van der Waals surface area contributed by atoms with Crippen molar-refractivity contribution in [3.63, 3.8) is 0 Å². The largest absolute Gasteiger partial charge is 0.379 e. The molecule has 2 saturated heterocycles. The van der Waals surface area contributed by atoms with Crippen LogP contribution in [0.25, 0.3) is 0 Å².